The Morgan fingerprint density at radius 2 is 2.04 bits per heavy atom. The fraction of sp³-hybridized carbons (Fsp3) is 0.294. The number of benzene rings is 1. The van der Waals surface area contributed by atoms with Crippen molar-refractivity contribution >= 4 is 28.8 Å². The average Bonchev–Trinajstić information content (AvgIpc) is 3.08. The first-order chi connectivity index (χ1) is 12.3. The molecule has 0 bridgehead atoms. The monoisotopic (exact) mass is 367 g/mol. The number of nitrogens with two attached hydrogens (primary N) is 1. The number of pyridine rings is 1. The Balaban J connectivity index is 2.38. The summed E-state index contributed by atoms with van der Waals surface area (Å²) in [5, 5.41) is 8.12. The van der Waals surface area contributed by atoms with E-state index in [4.69, 9.17) is 10.8 Å². The number of nitrogens with zero attached hydrogens (tertiary/aromatic N) is 2. The van der Waals surface area contributed by atoms with Crippen LogP contribution in [-0.2, 0) is 0 Å². The van der Waals surface area contributed by atoms with Gasteiger partial charge in [-0.1, -0.05) is 6.58 Å². The third kappa shape index (κ3) is 2.55. The second kappa shape index (κ2) is 6.49. The molecule has 1 aromatic carbocycles. The van der Waals surface area contributed by atoms with Crippen LogP contribution >= 0.6 is 0 Å². The van der Waals surface area contributed by atoms with Crippen molar-refractivity contribution in [3.63, 3.8) is 0 Å². The Morgan fingerprint density at radius 3 is 2.58 bits per heavy atom. The molecular weight excluding hydrogens is 351 g/mol. The first-order valence-electron chi connectivity index (χ1n) is 7.87. The van der Waals surface area contributed by atoms with Crippen molar-refractivity contribution in [1.29, 1.82) is 0 Å². The molecular formula is C17H16F3N3O3. The zero-order valence-electron chi connectivity index (χ0n) is 13.6. The minimum atomic E-state index is -1.64. The van der Waals surface area contributed by atoms with Crippen molar-refractivity contribution in [2.45, 2.75) is 6.42 Å². The number of hydrogen-bond acceptors (Lipinski definition) is 4. The van der Waals surface area contributed by atoms with Crippen molar-refractivity contribution in [2.24, 2.45) is 11.7 Å². The summed E-state index contributed by atoms with van der Waals surface area (Å²) < 4.78 is 45.3. The molecule has 1 aliphatic heterocycles. The molecule has 138 valence electrons. The van der Waals surface area contributed by atoms with Crippen LogP contribution in [0.1, 0.15) is 16.8 Å². The van der Waals surface area contributed by atoms with Gasteiger partial charge in [0.15, 0.2) is 17.5 Å². The molecule has 9 heteroatoms. The number of fused-ring (bicyclic) bond motifs is 1. The van der Waals surface area contributed by atoms with Crippen molar-refractivity contribution in [1.82, 2.24) is 4.57 Å². The third-order valence-electron chi connectivity index (χ3n) is 4.63. The molecule has 3 N–H and O–H groups in total. The second-order valence-electron chi connectivity index (χ2n) is 6.12. The van der Waals surface area contributed by atoms with Gasteiger partial charge in [-0.15, -0.1) is 0 Å². The number of rotatable bonds is 4. The Kier molecular flexibility index (Phi) is 4.49. The van der Waals surface area contributed by atoms with Crippen LogP contribution < -0.4 is 16.1 Å². The maximum atomic E-state index is 15.1. The van der Waals surface area contributed by atoms with E-state index in [9.17, 15) is 18.4 Å². The average molecular weight is 367 g/mol. The largest absolute Gasteiger partial charge is 0.477 e. The summed E-state index contributed by atoms with van der Waals surface area (Å²) >= 11 is 0. The summed E-state index contributed by atoms with van der Waals surface area (Å²) in [5.74, 6) is -5.88. The van der Waals surface area contributed by atoms with Gasteiger partial charge in [-0.2, -0.15) is 0 Å². The number of carboxylic acid groups (broad SMARTS) is 1. The summed E-state index contributed by atoms with van der Waals surface area (Å²) in [6.07, 6.45) is 2.45. The van der Waals surface area contributed by atoms with Crippen LogP contribution in [-0.4, -0.2) is 35.3 Å². The van der Waals surface area contributed by atoms with Gasteiger partial charge >= 0.3 is 5.97 Å². The highest BCUT2D eigenvalue weighted by molar-refractivity contribution is 5.95. The van der Waals surface area contributed by atoms with E-state index in [2.05, 4.69) is 6.58 Å². The van der Waals surface area contributed by atoms with E-state index in [1.807, 2.05) is 0 Å². The number of aromatic carboxylic acids is 1. The van der Waals surface area contributed by atoms with E-state index in [-0.39, 0.29) is 19.0 Å². The molecule has 6 nitrogen and oxygen atoms in total. The zero-order valence-corrected chi connectivity index (χ0v) is 13.6. The van der Waals surface area contributed by atoms with Gasteiger partial charge in [-0.3, -0.25) is 4.79 Å². The number of hydrogen-bond donors (Lipinski definition) is 2. The van der Waals surface area contributed by atoms with Crippen molar-refractivity contribution in [3.8, 4) is 0 Å². The first kappa shape index (κ1) is 18.0. The number of halogens is 3. The molecule has 0 radical (unpaired) electrons. The van der Waals surface area contributed by atoms with Crippen molar-refractivity contribution in [3.05, 3.63) is 46.0 Å². The van der Waals surface area contributed by atoms with E-state index >= 15 is 4.39 Å². The summed E-state index contributed by atoms with van der Waals surface area (Å²) in [6.45, 7) is 4.28. The summed E-state index contributed by atoms with van der Waals surface area (Å²) in [7, 11) is 0. The van der Waals surface area contributed by atoms with Gasteiger partial charge in [0.2, 0.25) is 5.43 Å². The van der Waals surface area contributed by atoms with Crippen LogP contribution in [0.2, 0.25) is 0 Å². The lowest BCUT2D eigenvalue weighted by molar-refractivity contribution is 0.0695. The van der Waals surface area contributed by atoms with Crippen LogP contribution in [0.3, 0.4) is 0 Å². The van der Waals surface area contributed by atoms with Gasteiger partial charge in [0.05, 0.1) is 10.9 Å². The molecule has 1 fully saturated rings. The number of carbonyl (C=O) groups is 1. The maximum absolute atomic E-state index is 15.1. The smallest absolute Gasteiger partial charge is 0.341 e. The molecule has 0 amide bonds. The third-order valence-corrected chi connectivity index (χ3v) is 4.63. The SMILES string of the molecule is C=Cn1cc(C(=O)O)c(=O)c2c(F)c(F)c(N3CCC(CN)C3)c(F)c21. The molecule has 0 aliphatic carbocycles. The molecule has 2 heterocycles. The zero-order chi connectivity index (χ0) is 19.2. The van der Waals surface area contributed by atoms with E-state index in [0.717, 1.165) is 17.0 Å². The Bertz CT molecular complexity index is 987. The Labute approximate surface area is 145 Å². The van der Waals surface area contributed by atoms with Crippen LogP contribution in [0, 0.1) is 23.4 Å². The molecule has 1 aliphatic rings. The second-order valence-corrected chi connectivity index (χ2v) is 6.12. The predicted octanol–water partition coefficient (Wildman–Crippen LogP) is 2.00. The van der Waals surface area contributed by atoms with Crippen LogP contribution in [0.4, 0.5) is 18.9 Å². The first-order valence-corrected chi connectivity index (χ1v) is 7.87. The lowest BCUT2D eigenvalue weighted by Gasteiger charge is -2.22. The van der Waals surface area contributed by atoms with Crippen molar-refractivity contribution < 1.29 is 23.1 Å². The van der Waals surface area contributed by atoms with Gasteiger partial charge in [0, 0.05) is 25.5 Å². The standard InChI is InChI=1S/C17H16F3N3O3/c1-2-22-7-9(17(25)26)16(24)10-11(18)12(19)15(13(20)14(10)22)23-4-3-8(5-21)6-23/h2,7-8H,1,3-6,21H2,(H,25,26). The van der Waals surface area contributed by atoms with E-state index < -0.39 is 51.0 Å². The molecule has 0 saturated carbocycles. The van der Waals surface area contributed by atoms with Crippen LogP contribution in [0.25, 0.3) is 17.1 Å². The summed E-state index contributed by atoms with van der Waals surface area (Å²) in [6, 6.07) is 0. The summed E-state index contributed by atoms with van der Waals surface area (Å²) in [5.41, 5.74) is 2.32. The normalized spacial score (nSPS) is 17.1. The van der Waals surface area contributed by atoms with E-state index in [1.54, 1.807) is 0 Å². The molecule has 1 saturated heterocycles. The number of anilines is 1. The van der Waals surface area contributed by atoms with Gasteiger partial charge in [-0.05, 0) is 18.9 Å². The molecule has 1 atom stereocenters. The highest BCUT2D eigenvalue weighted by Gasteiger charge is 2.32. The van der Waals surface area contributed by atoms with E-state index in [1.165, 1.54) is 4.90 Å². The van der Waals surface area contributed by atoms with Gasteiger partial charge in [0.25, 0.3) is 0 Å². The molecule has 3 rings (SSSR count). The highest BCUT2D eigenvalue weighted by atomic mass is 19.2. The molecule has 26 heavy (non-hydrogen) atoms. The van der Waals surface area contributed by atoms with E-state index in [0.29, 0.717) is 13.0 Å². The summed E-state index contributed by atoms with van der Waals surface area (Å²) in [4.78, 5) is 24.8. The van der Waals surface area contributed by atoms with Crippen LogP contribution in [0.15, 0.2) is 17.6 Å². The van der Waals surface area contributed by atoms with Crippen LogP contribution in [0.5, 0.6) is 0 Å². The maximum Gasteiger partial charge on any atom is 0.341 e. The molecule has 0 spiro atoms. The quantitative estimate of drug-likeness (QED) is 0.807. The minimum Gasteiger partial charge on any atom is -0.477 e. The number of carboxylic acids is 1. The Morgan fingerprint density at radius 1 is 1.35 bits per heavy atom. The fourth-order valence-electron chi connectivity index (χ4n) is 3.28. The molecule has 2 aromatic rings. The molecule has 1 unspecified atom stereocenters. The fourth-order valence-corrected chi connectivity index (χ4v) is 3.28. The van der Waals surface area contributed by atoms with Gasteiger partial charge in [0.1, 0.15) is 11.3 Å². The predicted molar refractivity (Wildman–Crippen MR) is 90.8 cm³/mol. The lowest BCUT2D eigenvalue weighted by Crippen LogP contribution is -2.26. The van der Waals surface area contributed by atoms with Gasteiger partial charge < -0.3 is 20.3 Å². The minimum absolute atomic E-state index is 0.0172. The number of aromatic nitrogens is 1. The lowest BCUT2D eigenvalue weighted by atomic mass is 10.1. The van der Waals surface area contributed by atoms with Gasteiger partial charge in [-0.25, -0.2) is 18.0 Å². The highest BCUT2D eigenvalue weighted by Crippen LogP contribution is 2.35. The topological polar surface area (TPSA) is 88.6 Å². The Hall–Kier alpha value is -2.81. The van der Waals surface area contributed by atoms with Crippen molar-refractivity contribution in [2.75, 3.05) is 24.5 Å². The molecule has 1 aromatic heterocycles.